The van der Waals surface area contributed by atoms with Gasteiger partial charge in [-0.05, 0) is 6.42 Å². The average Bonchev–Trinajstić information content (AvgIpc) is 2.59. The molecule has 0 radical (unpaired) electrons. The zero-order chi connectivity index (χ0) is 18.0. The zero-order valence-corrected chi connectivity index (χ0v) is 13.3. The highest BCUT2D eigenvalue weighted by Gasteiger charge is 2.49. The van der Waals surface area contributed by atoms with Crippen molar-refractivity contribution in [2.75, 3.05) is 20.3 Å². The summed E-state index contributed by atoms with van der Waals surface area (Å²) >= 11 is 0. The van der Waals surface area contributed by atoms with Gasteiger partial charge in [0.25, 0.3) is 0 Å². The molecular weight excluding hydrogens is 328 g/mol. The Kier molecular flexibility index (Phi) is 6.90. The second kappa shape index (κ2) is 8.32. The van der Waals surface area contributed by atoms with Crippen LogP contribution >= 0.6 is 0 Å². The number of hydrogen-bond acceptors (Lipinski definition) is 10. The molecular formula is C14H26O10. The molecule has 0 bridgehead atoms. The molecule has 7 N–H and O–H groups in total. The molecule has 2 aliphatic heterocycles. The van der Waals surface area contributed by atoms with Crippen molar-refractivity contribution in [1.82, 2.24) is 0 Å². The summed E-state index contributed by atoms with van der Waals surface area (Å²) in [4.78, 5) is 0. The third-order valence-electron chi connectivity index (χ3n) is 4.74. The standard InChI is InChI=1S/C14H26O10/c1-22-14-5(9(17)11(19)8(4-16)24-14)2-6-10(18)13(21)12(20)7(3-15)23-6/h5-21H,2-4H2,1H3/t5-,6-,7+,8+,9+,10-,11+,12+,13+,14-/m0/s1. The van der Waals surface area contributed by atoms with Crippen molar-refractivity contribution in [2.24, 2.45) is 5.92 Å². The van der Waals surface area contributed by atoms with Crippen LogP contribution in [0, 0.1) is 5.92 Å². The predicted octanol–water partition coefficient (Wildman–Crippen LogP) is -4.08. The second-order valence-electron chi connectivity index (χ2n) is 6.21. The van der Waals surface area contributed by atoms with Gasteiger partial charge in [-0.1, -0.05) is 0 Å². The van der Waals surface area contributed by atoms with E-state index in [1.54, 1.807) is 0 Å². The van der Waals surface area contributed by atoms with E-state index in [2.05, 4.69) is 0 Å². The van der Waals surface area contributed by atoms with E-state index in [1.165, 1.54) is 7.11 Å². The Morgan fingerprint density at radius 3 is 1.75 bits per heavy atom. The lowest BCUT2D eigenvalue weighted by Crippen LogP contribution is -2.61. The maximum Gasteiger partial charge on any atom is 0.163 e. The SMILES string of the molecule is CO[C@H]1O[C@H](CO)[C@@H](O)[C@H](O)[C@@H]1C[C@@H]1O[C@H](CO)[C@@H](O)[C@H](O)[C@H]1O. The molecule has 24 heavy (non-hydrogen) atoms. The maximum atomic E-state index is 10.3. The number of hydrogen-bond donors (Lipinski definition) is 7. The number of aliphatic hydroxyl groups excluding tert-OH is 7. The van der Waals surface area contributed by atoms with Gasteiger partial charge in [0.1, 0.15) is 36.6 Å². The van der Waals surface area contributed by atoms with Crippen LogP contribution < -0.4 is 0 Å². The van der Waals surface area contributed by atoms with Crippen molar-refractivity contribution in [1.29, 1.82) is 0 Å². The highest BCUT2D eigenvalue weighted by atomic mass is 16.7. The summed E-state index contributed by atoms with van der Waals surface area (Å²) in [6.45, 7) is -1.07. The van der Waals surface area contributed by atoms with Gasteiger partial charge in [-0.15, -0.1) is 0 Å². The van der Waals surface area contributed by atoms with Crippen molar-refractivity contribution in [3.63, 3.8) is 0 Å². The minimum absolute atomic E-state index is 0.0731. The monoisotopic (exact) mass is 354 g/mol. The van der Waals surface area contributed by atoms with Crippen molar-refractivity contribution in [2.45, 2.75) is 61.5 Å². The normalized spacial score (nSPS) is 50.0. The fraction of sp³-hybridized carbons (Fsp3) is 1.00. The average molecular weight is 354 g/mol. The maximum absolute atomic E-state index is 10.3. The van der Waals surface area contributed by atoms with Gasteiger partial charge in [0.2, 0.25) is 0 Å². The summed E-state index contributed by atoms with van der Waals surface area (Å²) < 4.78 is 15.9. The molecule has 10 heteroatoms. The molecule has 0 aromatic rings. The van der Waals surface area contributed by atoms with Gasteiger partial charge in [0, 0.05) is 13.0 Å². The lowest BCUT2D eigenvalue weighted by molar-refractivity contribution is -0.292. The first-order chi connectivity index (χ1) is 11.3. The molecule has 0 aromatic carbocycles. The van der Waals surface area contributed by atoms with Gasteiger partial charge in [-0.25, -0.2) is 0 Å². The number of ether oxygens (including phenoxy) is 3. The molecule has 2 aliphatic rings. The summed E-state index contributed by atoms with van der Waals surface area (Å²) in [6, 6.07) is 0. The smallest absolute Gasteiger partial charge is 0.163 e. The molecule has 0 aromatic heterocycles. The van der Waals surface area contributed by atoms with Gasteiger partial charge in [0.15, 0.2) is 6.29 Å². The van der Waals surface area contributed by atoms with Crippen LogP contribution in [0.5, 0.6) is 0 Å². The van der Waals surface area contributed by atoms with E-state index in [0.29, 0.717) is 0 Å². The zero-order valence-electron chi connectivity index (χ0n) is 13.3. The Labute approximate surface area is 138 Å². The number of rotatable bonds is 5. The van der Waals surface area contributed by atoms with E-state index in [4.69, 9.17) is 19.3 Å². The summed E-state index contributed by atoms with van der Waals surface area (Å²) in [6.07, 6.45) is -11.3. The molecule has 0 amide bonds. The first kappa shape index (κ1) is 19.9. The molecule has 2 heterocycles. The second-order valence-corrected chi connectivity index (χ2v) is 6.21. The Hall–Kier alpha value is -0.400. The molecule has 0 saturated carbocycles. The van der Waals surface area contributed by atoms with E-state index in [9.17, 15) is 30.6 Å². The fourth-order valence-electron chi connectivity index (χ4n) is 3.26. The Bertz CT molecular complexity index is 392. The van der Waals surface area contributed by atoms with Crippen molar-refractivity contribution in [3.8, 4) is 0 Å². The van der Waals surface area contributed by atoms with Crippen LogP contribution in [0.2, 0.25) is 0 Å². The van der Waals surface area contributed by atoms with Crippen LogP contribution in [0.25, 0.3) is 0 Å². The van der Waals surface area contributed by atoms with Crippen LogP contribution in [0.3, 0.4) is 0 Å². The number of aliphatic hydroxyl groups is 7. The fourth-order valence-corrected chi connectivity index (χ4v) is 3.26. The largest absolute Gasteiger partial charge is 0.394 e. The minimum atomic E-state index is -1.53. The van der Waals surface area contributed by atoms with E-state index in [1.807, 2.05) is 0 Å². The molecule has 142 valence electrons. The third kappa shape index (κ3) is 3.73. The highest BCUT2D eigenvalue weighted by Crippen LogP contribution is 2.34. The van der Waals surface area contributed by atoms with Crippen LogP contribution in [0.1, 0.15) is 6.42 Å². The number of methoxy groups -OCH3 is 1. The Balaban J connectivity index is 2.12. The summed E-state index contributed by atoms with van der Waals surface area (Å²) in [7, 11) is 1.32. The van der Waals surface area contributed by atoms with Crippen molar-refractivity contribution in [3.05, 3.63) is 0 Å². The van der Waals surface area contributed by atoms with Gasteiger partial charge in [0.05, 0.1) is 25.4 Å². The summed E-state index contributed by atoms with van der Waals surface area (Å²) in [5.74, 6) is -0.825. The van der Waals surface area contributed by atoms with Crippen LogP contribution in [0.15, 0.2) is 0 Å². The summed E-state index contributed by atoms with van der Waals surface area (Å²) in [5, 5.41) is 68.3. The molecule has 0 unspecified atom stereocenters. The summed E-state index contributed by atoms with van der Waals surface area (Å²) in [5.41, 5.74) is 0. The van der Waals surface area contributed by atoms with E-state index in [-0.39, 0.29) is 6.42 Å². The van der Waals surface area contributed by atoms with Gasteiger partial charge in [-0.3, -0.25) is 0 Å². The van der Waals surface area contributed by atoms with Gasteiger partial charge < -0.3 is 50.0 Å². The quantitative estimate of drug-likeness (QED) is 0.258. The topological polar surface area (TPSA) is 169 Å². The Morgan fingerprint density at radius 2 is 1.21 bits per heavy atom. The highest BCUT2D eigenvalue weighted by molar-refractivity contribution is 4.96. The van der Waals surface area contributed by atoms with E-state index < -0.39 is 74.3 Å². The Morgan fingerprint density at radius 1 is 0.708 bits per heavy atom. The van der Waals surface area contributed by atoms with Gasteiger partial charge in [-0.2, -0.15) is 0 Å². The molecule has 0 spiro atoms. The van der Waals surface area contributed by atoms with Gasteiger partial charge >= 0.3 is 0 Å². The van der Waals surface area contributed by atoms with Crippen LogP contribution in [-0.4, -0.2) is 111 Å². The van der Waals surface area contributed by atoms with Crippen LogP contribution in [0.4, 0.5) is 0 Å². The van der Waals surface area contributed by atoms with Crippen LogP contribution in [-0.2, 0) is 14.2 Å². The first-order valence-corrected chi connectivity index (χ1v) is 7.81. The molecule has 10 nitrogen and oxygen atoms in total. The lowest BCUT2D eigenvalue weighted by Gasteiger charge is -2.45. The predicted molar refractivity (Wildman–Crippen MR) is 76.6 cm³/mol. The lowest BCUT2D eigenvalue weighted by atomic mass is 9.83. The van der Waals surface area contributed by atoms with Crippen molar-refractivity contribution < 1.29 is 50.0 Å². The molecule has 10 atom stereocenters. The minimum Gasteiger partial charge on any atom is -0.394 e. The third-order valence-corrected chi connectivity index (χ3v) is 4.74. The molecule has 2 rings (SSSR count). The first-order valence-electron chi connectivity index (χ1n) is 7.81. The molecule has 0 aliphatic carbocycles. The molecule has 2 saturated heterocycles. The molecule has 2 fully saturated rings. The van der Waals surface area contributed by atoms with Crippen molar-refractivity contribution >= 4 is 0 Å². The van der Waals surface area contributed by atoms with E-state index >= 15 is 0 Å². The van der Waals surface area contributed by atoms with E-state index in [0.717, 1.165) is 0 Å².